The van der Waals surface area contributed by atoms with Crippen LogP contribution in [0.1, 0.15) is 72.1 Å². The SMILES string of the molecule is CC(=O)[C@H]1CC[C@@H]2[C@H]3CCC4=CC(=O)CC[C@]4(C)[C@@H]3CC[C@]12C. The Morgan fingerprint density at radius 3 is 2.57 bits per heavy atom. The number of ketones is 2. The molecule has 0 N–H and O–H groups in total. The molecule has 3 saturated carbocycles. The third kappa shape index (κ3) is 2.06. The predicted octanol–water partition coefficient (Wildman–Crippen LogP) is 4.72. The van der Waals surface area contributed by atoms with E-state index in [-0.39, 0.29) is 10.8 Å². The summed E-state index contributed by atoms with van der Waals surface area (Å²) in [5.74, 6) is 3.29. The van der Waals surface area contributed by atoms with Crippen molar-refractivity contribution in [1.29, 1.82) is 0 Å². The monoisotopic (exact) mass is 314 g/mol. The maximum Gasteiger partial charge on any atom is 0.155 e. The number of carbonyl (C=O) groups excluding carboxylic acids is 2. The second-order valence-corrected chi connectivity index (χ2v) is 9.25. The van der Waals surface area contributed by atoms with Crippen molar-refractivity contribution in [2.45, 2.75) is 72.1 Å². The molecule has 2 nitrogen and oxygen atoms in total. The fourth-order valence-corrected chi connectivity index (χ4v) is 7.23. The van der Waals surface area contributed by atoms with Crippen molar-refractivity contribution < 1.29 is 9.59 Å². The Labute approximate surface area is 140 Å². The lowest BCUT2D eigenvalue weighted by molar-refractivity contribution is -0.128. The highest BCUT2D eigenvalue weighted by molar-refractivity contribution is 5.91. The average Bonchev–Trinajstić information content (AvgIpc) is 2.85. The van der Waals surface area contributed by atoms with Crippen LogP contribution in [-0.2, 0) is 9.59 Å². The Hall–Kier alpha value is -0.920. The molecule has 6 atom stereocenters. The average molecular weight is 314 g/mol. The number of rotatable bonds is 1. The van der Waals surface area contributed by atoms with Gasteiger partial charge in [0, 0.05) is 12.3 Å². The molecule has 0 radical (unpaired) electrons. The fourth-order valence-electron chi connectivity index (χ4n) is 7.23. The summed E-state index contributed by atoms with van der Waals surface area (Å²) in [6.45, 7) is 6.65. The Balaban J connectivity index is 1.67. The normalized spacial score (nSPS) is 49.0. The van der Waals surface area contributed by atoms with E-state index >= 15 is 0 Å². The summed E-state index contributed by atoms with van der Waals surface area (Å²) >= 11 is 0. The molecule has 23 heavy (non-hydrogen) atoms. The molecule has 0 amide bonds. The number of carbonyl (C=O) groups is 2. The van der Waals surface area contributed by atoms with Crippen LogP contribution >= 0.6 is 0 Å². The first-order valence-electron chi connectivity index (χ1n) is 9.60. The van der Waals surface area contributed by atoms with Gasteiger partial charge in [0.2, 0.25) is 0 Å². The standard InChI is InChI=1S/C21H30O2/c1-13(22)17-6-7-18-16-5-4-14-12-15(23)8-10-20(14,2)19(16)9-11-21(17,18)3/h12,16-19H,4-11H2,1-3H3/t16-,17-,18-,19-,20+,21-/m1/s1. The van der Waals surface area contributed by atoms with Crippen LogP contribution in [-0.4, -0.2) is 11.6 Å². The summed E-state index contributed by atoms with van der Waals surface area (Å²) in [5, 5.41) is 0. The molecule has 2 heteroatoms. The molecule has 0 unspecified atom stereocenters. The summed E-state index contributed by atoms with van der Waals surface area (Å²) in [4.78, 5) is 24.0. The first-order chi connectivity index (χ1) is 10.9. The largest absolute Gasteiger partial charge is 0.300 e. The van der Waals surface area contributed by atoms with Gasteiger partial charge in [-0.05, 0) is 86.5 Å². The van der Waals surface area contributed by atoms with Gasteiger partial charge >= 0.3 is 0 Å². The maximum absolute atomic E-state index is 12.1. The number of Topliss-reactive ketones (excluding diaryl/α,β-unsaturated/α-hetero) is 1. The van der Waals surface area contributed by atoms with Crippen LogP contribution in [0.5, 0.6) is 0 Å². The molecular formula is C21H30O2. The second-order valence-electron chi connectivity index (χ2n) is 9.25. The lowest BCUT2D eigenvalue weighted by Gasteiger charge is -2.58. The van der Waals surface area contributed by atoms with E-state index in [1.165, 1.54) is 31.3 Å². The van der Waals surface area contributed by atoms with E-state index in [9.17, 15) is 9.59 Å². The predicted molar refractivity (Wildman–Crippen MR) is 90.9 cm³/mol. The fraction of sp³-hybridized carbons (Fsp3) is 0.810. The van der Waals surface area contributed by atoms with Gasteiger partial charge in [0.15, 0.2) is 5.78 Å². The minimum atomic E-state index is 0.245. The number of hydrogen-bond donors (Lipinski definition) is 0. The van der Waals surface area contributed by atoms with Gasteiger partial charge in [-0.3, -0.25) is 9.59 Å². The van der Waals surface area contributed by atoms with Crippen LogP contribution in [0.15, 0.2) is 11.6 Å². The number of fused-ring (bicyclic) bond motifs is 5. The van der Waals surface area contributed by atoms with Crippen LogP contribution < -0.4 is 0 Å². The molecule has 0 aromatic rings. The summed E-state index contributed by atoms with van der Waals surface area (Å²) in [6, 6.07) is 0. The van der Waals surface area contributed by atoms with Crippen molar-refractivity contribution in [3.63, 3.8) is 0 Å². The summed E-state index contributed by atoms with van der Waals surface area (Å²) in [5.41, 5.74) is 1.95. The van der Waals surface area contributed by atoms with Gasteiger partial charge in [0.1, 0.15) is 5.78 Å². The quantitative estimate of drug-likeness (QED) is 0.701. The molecule has 0 saturated heterocycles. The van der Waals surface area contributed by atoms with Gasteiger partial charge in [-0.1, -0.05) is 19.4 Å². The lowest BCUT2D eigenvalue weighted by Crippen LogP contribution is -2.51. The Morgan fingerprint density at radius 1 is 1.04 bits per heavy atom. The van der Waals surface area contributed by atoms with E-state index in [0.717, 1.165) is 43.4 Å². The van der Waals surface area contributed by atoms with Gasteiger partial charge in [0.05, 0.1) is 0 Å². The van der Waals surface area contributed by atoms with Gasteiger partial charge in [0.25, 0.3) is 0 Å². The van der Waals surface area contributed by atoms with E-state index in [1.54, 1.807) is 6.92 Å². The highest BCUT2D eigenvalue weighted by atomic mass is 16.1. The van der Waals surface area contributed by atoms with Gasteiger partial charge in [-0.15, -0.1) is 0 Å². The first-order valence-corrected chi connectivity index (χ1v) is 9.60. The molecule has 0 aliphatic heterocycles. The minimum Gasteiger partial charge on any atom is -0.300 e. The van der Waals surface area contributed by atoms with Gasteiger partial charge in [-0.25, -0.2) is 0 Å². The van der Waals surface area contributed by atoms with E-state index in [2.05, 4.69) is 13.8 Å². The maximum atomic E-state index is 12.1. The summed E-state index contributed by atoms with van der Waals surface area (Å²) in [6.07, 6.45) is 10.9. The van der Waals surface area contributed by atoms with Crippen molar-refractivity contribution in [3.05, 3.63) is 11.6 Å². The number of allylic oxidation sites excluding steroid dienone is 1. The Kier molecular flexibility index (Phi) is 3.42. The highest BCUT2D eigenvalue weighted by Gasteiger charge is 2.59. The Morgan fingerprint density at radius 2 is 1.83 bits per heavy atom. The molecular weight excluding hydrogens is 284 g/mol. The smallest absolute Gasteiger partial charge is 0.155 e. The van der Waals surface area contributed by atoms with E-state index < -0.39 is 0 Å². The molecule has 126 valence electrons. The summed E-state index contributed by atoms with van der Waals surface area (Å²) in [7, 11) is 0. The first kappa shape index (κ1) is 15.6. The minimum absolute atomic E-state index is 0.245. The zero-order chi connectivity index (χ0) is 16.4. The van der Waals surface area contributed by atoms with Crippen molar-refractivity contribution >= 4 is 11.6 Å². The molecule has 0 aromatic heterocycles. The van der Waals surface area contributed by atoms with Crippen LogP contribution in [0.25, 0.3) is 0 Å². The van der Waals surface area contributed by atoms with Crippen molar-refractivity contribution in [2.24, 2.45) is 34.5 Å². The topological polar surface area (TPSA) is 34.1 Å². The van der Waals surface area contributed by atoms with Gasteiger partial charge in [-0.2, -0.15) is 0 Å². The van der Waals surface area contributed by atoms with E-state index in [1.807, 2.05) is 6.08 Å². The highest BCUT2D eigenvalue weighted by Crippen LogP contribution is 2.66. The number of hydrogen-bond acceptors (Lipinski definition) is 2. The van der Waals surface area contributed by atoms with Crippen LogP contribution in [0.4, 0.5) is 0 Å². The molecule has 0 heterocycles. The molecule has 3 fully saturated rings. The van der Waals surface area contributed by atoms with Crippen molar-refractivity contribution in [2.75, 3.05) is 0 Å². The molecule has 0 bridgehead atoms. The molecule has 0 aromatic carbocycles. The molecule has 4 aliphatic rings. The lowest BCUT2D eigenvalue weighted by atomic mass is 9.47. The van der Waals surface area contributed by atoms with E-state index in [0.29, 0.717) is 17.5 Å². The third-order valence-corrected chi connectivity index (χ3v) is 8.45. The van der Waals surface area contributed by atoms with Gasteiger partial charge < -0.3 is 0 Å². The molecule has 0 spiro atoms. The molecule has 4 aliphatic carbocycles. The van der Waals surface area contributed by atoms with Crippen molar-refractivity contribution in [3.8, 4) is 0 Å². The van der Waals surface area contributed by atoms with Crippen LogP contribution in [0.2, 0.25) is 0 Å². The zero-order valence-electron chi connectivity index (χ0n) is 14.9. The van der Waals surface area contributed by atoms with Crippen LogP contribution in [0.3, 0.4) is 0 Å². The van der Waals surface area contributed by atoms with Crippen LogP contribution in [0, 0.1) is 34.5 Å². The van der Waals surface area contributed by atoms with Crippen molar-refractivity contribution in [1.82, 2.24) is 0 Å². The second kappa shape index (κ2) is 5.04. The zero-order valence-corrected chi connectivity index (χ0v) is 14.9. The summed E-state index contributed by atoms with van der Waals surface area (Å²) < 4.78 is 0. The Bertz CT molecular complexity index is 589. The van der Waals surface area contributed by atoms with E-state index in [4.69, 9.17) is 0 Å². The molecule has 4 rings (SSSR count). The third-order valence-electron chi connectivity index (χ3n) is 8.45.